The predicted molar refractivity (Wildman–Crippen MR) is 102 cm³/mol. The van der Waals surface area contributed by atoms with Crippen LogP contribution in [0.1, 0.15) is 35.6 Å². The van der Waals surface area contributed by atoms with E-state index in [0.717, 1.165) is 31.8 Å². The number of nitrogens with one attached hydrogen (secondary N) is 1. The van der Waals surface area contributed by atoms with Gasteiger partial charge in [0.2, 0.25) is 0 Å². The van der Waals surface area contributed by atoms with Crippen molar-refractivity contribution in [2.75, 3.05) is 31.6 Å². The molecule has 1 aromatic carbocycles. The van der Waals surface area contributed by atoms with Gasteiger partial charge in [-0.05, 0) is 44.3 Å². The number of para-hydroxylation sites is 2. The number of carbonyl (C=O) groups is 1. The van der Waals surface area contributed by atoms with Gasteiger partial charge in [0.05, 0.1) is 16.9 Å². The Labute approximate surface area is 162 Å². The molecule has 1 N–H and O–H groups in total. The second-order valence-electron chi connectivity index (χ2n) is 6.15. The van der Waals surface area contributed by atoms with Crippen LogP contribution in [0.5, 0.6) is 5.75 Å². The summed E-state index contributed by atoms with van der Waals surface area (Å²) >= 11 is 0. The van der Waals surface area contributed by atoms with E-state index in [2.05, 4.69) is 29.0 Å². The maximum absolute atomic E-state index is 12.7. The molecule has 1 heterocycles. The number of halogens is 3. The van der Waals surface area contributed by atoms with Crippen molar-refractivity contribution in [1.29, 1.82) is 0 Å². The topological polar surface area (TPSA) is 54.5 Å². The molecule has 0 saturated carbocycles. The van der Waals surface area contributed by atoms with Gasteiger partial charge in [-0.1, -0.05) is 26.0 Å². The molecule has 8 heteroatoms. The predicted octanol–water partition coefficient (Wildman–Crippen LogP) is 4.38. The molecule has 2 aromatic rings. The summed E-state index contributed by atoms with van der Waals surface area (Å²) < 4.78 is 44.0. The van der Waals surface area contributed by atoms with Crippen LogP contribution in [0, 0.1) is 6.92 Å². The summed E-state index contributed by atoms with van der Waals surface area (Å²) in [6.45, 7) is 8.54. The molecule has 0 aliphatic carbocycles. The summed E-state index contributed by atoms with van der Waals surface area (Å²) in [7, 11) is 0. The highest BCUT2D eigenvalue weighted by molar-refractivity contribution is 6.05. The largest absolute Gasteiger partial charge is 0.490 e. The van der Waals surface area contributed by atoms with Crippen molar-refractivity contribution in [1.82, 2.24) is 9.88 Å². The Kier molecular flexibility index (Phi) is 7.39. The Morgan fingerprint density at radius 2 is 1.82 bits per heavy atom. The van der Waals surface area contributed by atoms with E-state index in [1.54, 1.807) is 24.3 Å². The number of nitrogens with zero attached hydrogens (tertiary/aromatic N) is 2. The minimum Gasteiger partial charge on any atom is -0.490 e. The van der Waals surface area contributed by atoms with Crippen LogP contribution in [0.2, 0.25) is 0 Å². The lowest BCUT2D eigenvalue weighted by atomic mass is 10.1. The molecule has 2 rings (SSSR count). The van der Waals surface area contributed by atoms with E-state index in [1.165, 1.54) is 6.92 Å². The van der Waals surface area contributed by atoms with Crippen LogP contribution in [0.3, 0.4) is 0 Å². The van der Waals surface area contributed by atoms with Crippen molar-refractivity contribution >= 4 is 11.6 Å². The summed E-state index contributed by atoms with van der Waals surface area (Å²) in [5.41, 5.74) is -0.494. The number of pyridine rings is 1. The average Bonchev–Trinajstić information content (AvgIpc) is 2.65. The first-order valence-corrected chi connectivity index (χ1v) is 9.06. The van der Waals surface area contributed by atoms with E-state index in [9.17, 15) is 18.0 Å². The average molecular weight is 395 g/mol. The van der Waals surface area contributed by atoms with Crippen molar-refractivity contribution in [3.05, 3.63) is 53.3 Å². The summed E-state index contributed by atoms with van der Waals surface area (Å²) in [5, 5.41) is 2.69. The molecule has 0 fully saturated rings. The lowest BCUT2D eigenvalue weighted by Crippen LogP contribution is -2.28. The maximum Gasteiger partial charge on any atom is 0.433 e. The van der Waals surface area contributed by atoms with Gasteiger partial charge < -0.3 is 15.0 Å². The van der Waals surface area contributed by atoms with E-state index >= 15 is 0 Å². The molecule has 0 saturated heterocycles. The van der Waals surface area contributed by atoms with Crippen LogP contribution in [-0.2, 0) is 6.18 Å². The third kappa shape index (κ3) is 5.69. The highest BCUT2D eigenvalue weighted by Gasteiger charge is 2.33. The summed E-state index contributed by atoms with van der Waals surface area (Å²) in [6.07, 6.45) is -4.55. The minimum atomic E-state index is -4.55. The first kappa shape index (κ1) is 21.7. The number of hydrogen-bond acceptors (Lipinski definition) is 4. The molecular weight excluding hydrogens is 371 g/mol. The van der Waals surface area contributed by atoms with Gasteiger partial charge in [0.1, 0.15) is 18.1 Å². The molecule has 152 valence electrons. The lowest BCUT2D eigenvalue weighted by molar-refractivity contribution is -0.141. The number of benzene rings is 1. The van der Waals surface area contributed by atoms with Gasteiger partial charge in [0, 0.05) is 6.54 Å². The van der Waals surface area contributed by atoms with E-state index in [0.29, 0.717) is 18.0 Å². The van der Waals surface area contributed by atoms with Gasteiger partial charge in [0.25, 0.3) is 5.91 Å². The highest BCUT2D eigenvalue weighted by Crippen LogP contribution is 2.29. The number of anilines is 1. The third-order valence-electron chi connectivity index (χ3n) is 4.32. The number of alkyl halides is 3. The molecule has 28 heavy (non-hydrogen) atoms. The molecule has 1 amide bonds. The number of ether oxygens (including phenoxy) is 1. The Hall–Kier alpha value is -2.61. The Morgan fingerprint density at radius 3 is 2.43 bits per heavy atom. The van der Waals surface area contributed by atoms with E-state index < -0.39 is 17.8 Å². The highest BCUT2D eigenvalue weighted by atomic mass is 19.4. The molecule has 0 aliphatic heterocycles. The molecule has 1 aromatic heterocycles. The standard InChI is InChI=1S/C20H24F3N3O2/c1-4-26(5-2)12-13-28-17-9-7-6-8-16(17)25-19(27)15-10-11-18(20(21,22)23)24-14(15)3/h6-11H,4-5,12-13H2,1-3H3,(H,25,27). The molecular formula is C20H24F3N3O2. The number of aromatic nitrogens is 1. The van der Waals surface area contributed by atoms with Gasteiger partial charge in [-0.2, -0.15) is 13.2 Å². The molecule has 0 unspecified atom stereocenters. The second-order valence-corrected chi connectivity index (χ2v) is 6.15. The lowest BCUT2D eigenvalue weighted by Gasteiger charge is -2.19. The molecule has 0 atom stereocenters. The summed E-state index contributed by atoms with van der Waals surface area (Å²) in [5.74, 6) is -0.0425. The Balaban J connectivity index is 2.10. The zero-order valence-electron chi connectivity index (χ0n) is 16.1. The fourth-order valence-electron chi connectivity index (χ4n) is 2.67. The zero-order valence-corrected chi connectivity index (χ0v) is 16.1. The quantitative estimate of drug-likeness (QED) is 0.721. The number of amides is 1. The first-order chi connectivity index (χ1) is 13.3. The maximum atomic E-state index is 12.7. The monoisotopic (exact) mass is 395 g/mol. The van der Waals surface area contributed by atoms with Crippen LogP contribution in [0.15, 0.2) is 36.4 Å². The van der Waals surface area contributed by atoms with Crippen LogP contribution >= 0.6 is 0 Å². The van der Waals surface area contributed by atoms with Crippen LogP contribution < -0.4 is 10.1 Å². The first-order valence-electron chi connectivity index (χ1n) is 9.06. The molecule has 0 spiro atoms. The van der Waals surface area contributed by atoms with Gasteiger partial charge in [-0.25, -0.2) is 4.98 Å². The Morgan fingerprint density at radius 1 is 1.14 bits per heavy atom. The molecule has 0 bridgehead atoms. The van der Waals surface area contributed by atoms with Gasteiger partial charge in [-0.15, -0.1) is 0 Å². The smallest absolute Gasteiger partial charge is 0.433 e. The third-order valence-corrected chi connectivity index (χ3v) is 4.32. The van der Waals surface area contributed by atoms with Crippen LogP contribution in [-0.4, -0.2) is 42.0 Å². The number of carbonyl (C=O) groups excluding carboxylic acids is 1. The summed E-state index contributed by atoms with van der Waals surface area (Å²) in [4.78, 5) is 18.2. The Bertz CT molecular complexity index is 806. The van der Waals surface area contributed by atoms with Gasteiger partial charge in [0.15, 0.2) is 0 Å². The minimum absolute atomic E-state index is 0.00672. The van der Waals surface area contributed by atoms with Crippen molar-refractivity contribution in [3.8, 4) is 5.75 Å². The molecule has 0 radical (unpaired) electrons. The zero-order chi connectivity index (χ0) is 20.7. The van der Waals surface area contributed by atoms with Crippen molar-refractivity contribution in [2.45, 2.75) is 26.9 Å². The fourth-order valence-corrected chi connectivity index (χ4v) is 2.67. The van der Waals surface area contributed by atoms with E-state index in [-0.39, 0.29) is 11.3 Å². The fraction of sp³-hybridized carbons (Fsp3) is 0.400. The van der Waals surface area contributed by atoms with E-state index in [4.69, 9.17) is 4.74 Å². The van der Waals surface area contributed by atoms with Crippen LogP contribution in [0.4, 0.5) is 18.9 Å². The number of hydrogen-bond donors (Lipinski definition) is 1. The van der Waals surface area contributed by atoms with Crippen LogP contribution in [0.25, 0.3) is 0 Å². The number of aryl methyl sites for hydroxylation is 1. The second kappa shape index (κ2) is 9.54. The summed E-state index contributed by atoms with van der Waals surface area (Å²) in [6, 6.07) is 8.87. The van der Waals surface area contributed by atoms with Crippen molar-refractivity contribution in [2.24, 2.45) is 0 Å². The molecule has 5 nitrogen and oxygen atoms in total. The number of likely N-dealkylation sites (N-methyl/N-ethyl adjacent to an activating group) is 1. The SMILES string of the molecule is CCN(CC)CCOc1ccccc1NC(=O)c1ccc(C(F)(F)F)nc1C. The number of rotatable bonds is 8. The van der Waals surface area contributed by atoms with Crippen molar-refractivity contribution in [3.63, 3.8) is 0 Å². The normalized spacial score (nSPS) is 11.5. The van der Waals surface area contributed by atoms with Gasteiger partial charge >= 0.3 is 6.18 Å². The molecule has 0 aliphatic rings. The van der Waals surface area contributed by atoms with Crippen molar-refractivity contribution < 1.29 is 22.7 Å². The van der Waals surface area contributed by atoms with Gasteiger partial charge in [-0.3, -0.25) is 4.79 Å². The van der Waals surface area contributed by atoms with E-state index in [1.807, 2.05) is 0 Å².